The van der Waals surface area contributed by atoms with E-state index in [4.69, 9.17) is 9.47 Å². The summed E-state index contributed by atoms with van der Waals surface area (Å²) in [5.74, 6) is 1.75. The Morgan fingerprint density at radius 1 is 1.15 bits per heavy atom. The lowest BCUT2D eigenvalue weighted by Gasteiger charge is -2.39. The zero-order chi connectivity index (χ0) is 14.3. The molecule has 0 amide bonds. The number of hydrogen-bond acceptors (Lipinski definition) is 3. The van der Waals surface area contributed by atoms with Gasteiger partial charge in [-0.15, -0.1) is 0 Å². The Morgan fingerprint density at radius 2 is 1.85 bits per heavy atom. The maximum absolute atomic E-state index is 6.19. The zero-order valence-electron chi connectivity index (χ0n) is 12.7. The number of hydrogen-bond donors (Lipinski definition) is 1. The van der Waals surface area contributed by atoms with E-state index in [1.165, 1.54) is 12.8 Å². The van der Waals surface area contributed by atoms with Gasteiger partial charge in [-0.1, -0.05) is 25.1 Å². The molecule has 0 aromatic heterocycles. The Balaban J connectivity index is 1.75. The van der Waals surface area contributed by atoms with E-state index in [0.29, 0.717) is 13.2 Å². The van der Waals surface area contributed by atoms with E-state index in [0.717, 1.165) is 31.1 Å². The largest absolute Gasteiger partial charge is 0.491 e. The second-order valence-electron chi connectivity index (χ2n) is 5.91. The van der Waals surface area contributed by atoms with Crippen LogP contribution in [0.2, 0.25) is 0 Å². The summed E-state index contributed by atoms with van der Waals surface area (Å²) in [6, 6.07) is 9.92. The molecule has 1 saturated carbocycles. The van der Waals surface area contributed by atoms with Crippen molar-refractivity contribution in [1.29, 1.82) is 0 Å². The van der Waals surface area contributed by atoms with Crippen LogP contribution in [0.4, 0.5) is 0 Å². The van der Waals surface area contributed by atoms with Gasteiger partial charge in [0.25, 0.3) is 0 Å². The minimum atomic E-state index is 0.0152. The van der Waals surface area contributed by atoms with Gasteiger partial charge in [0.1, 0.15) is 12.4 Å². The minimum Gasteiger partial charge on any atom is -0.491 e. The molecular formula is C17H27NO2. The van der Waals surface area contributed by atoms with Crippen LogP contribution in [-0.4, -0.2) is 32.4 Å². The molecule has 112 valence electrons. The fourth-order valence-corrected chi connectivity index (χ4v) is 2.92. The molecule has 0 saturated heterocycles. The number of ether oxygens (including phenoxy) is 2. The highest BCUT2D eigenvalue weighted by atomic mass is 16.5. The topological polar surface area (TPSA) is 30.5 Å². The molecular weight excluding hydrogens is 250 g/mol. The lowest BCUT2D eigenvalue weighted by molar-refractivity contribution is -0.0815. The van der Waals surface area contributed by atoms with Crippen molar-refractivity contribution < 1.29 is 9.47 Å². The summed E-state index contributed by atoms with van der Waals surface area (Å²) in [5.41, 5.74) is 0.0152. The lowest BCUT2D eigenvalue weighted by atomic mass is 9.79. The van der Waals surface area contributed by atoms with Crippen molar-refractivity contribution in [1.82, 2.24) is 5.32 Å². The molecule has 1 aliphatic rings. The second-order valence-corrected chi connectivity index (χ2v) is 5.91. The Kier molecular flexibility index (Phi) is 5.86. The normalized spacial score (nSPS) is 26.4. The van der Waals surface area contributed by atoms with Crippen molar-refractivity contribution in [3.05, 3.63) is 30.3 Å². The van der Waals surface area contributed by atoms with Gasteiger partial charge in [0.05, 0.1) is 12.2 Å². The van der Waals surface area contributed by atoms with E-state index in [1.807, 2.05) is 37.4 Å². The van der Waals surface area contributed by atoms with Gasteiger partial charge in [0, 0.05) is 6.54 Å². The van der Waals surface area contributed by atoms with Gasteiger partial charge >= 0.3 is 0 Å². The SMILES string of the molecule is CNCC1(OCCOc2ccccc2)CCC(C)CC1. The van der Waals surface area contributed by atoms with Gasteiger partial charge in [-0.3, -0.25) is 0 Å². The molecule has 20 heavy (non-hydrogen) atoms. The van der Waals surface area contributed by atoms with Crippen LogP contribution in [0.1, 0.15) is 32.6 Å². The molecule has 1 aliphatic carbocycles. The summed E-state index contributed by atoms with van der Waals surface area (Å²) in [5, 5.41) is 3.29. The Hall–Kier alpha value is -1.06. The van der Waals surface area contributed by atoms with Gasteiger partial charge in [-0.05, 0) is 50.8 Å². The molecule has 0 atom stereocenters. The number of nitrogens with one attached hydrogen (secondary N) is 1. The molecule has 3 heteroatoms. The number of para-hydroxylation sites is 1. The van der Waals surface area contributed by atoms with E-state index in [1.54, 1.807) is 0 Å². The van der Waals surface area contributed by atoms with Crippen LogP contribution in [0.5, 0.6) is 5.75 Å². The number of likely N-dealkylation sites (N-methyl/N-ethyl adjacent to an activating group) is 1. The molecule has 0 aliphatic heterocycles. The van der Waals surface area contributed by atoms with Crippen LogP contribution in [0, 0.1) is 5.92 Å². The molecule has 3 nitrogen and oxygen atoms in total. The molecule has 0 radical (unpaired) electrons. The molecule has 2 rings (SSSR count). The van der Waals surface area contributed by atoms with E-state index in [9.17, 15) is 0 Å². The molecule has 1 fully saturated rings. The third kappa shape index (κ3) is 4.50. The van der Waals surface area contributed by atoms with Crippen LogP contribution in [0.15, 0.2) is 30.3 Å². The summed E-state index contributed by atoms with van der Waals surface area (Å²) >= 11 is 0. The first-order valence-corrected chi connectivity index (χ1v) is 7.70. The molecule has 1 aromatic carbocycles. The fraction of sp³-hybridized carbons (Fsp3) is 0.647. The van der Waals surface area contributed by atoms with E-state index >= 15 is 0 Å². The summed E-state index contributed by atoms with van der Waals surface area (Å²) in [6.45, 7) is 4.54. The summed E-state index contributed by atoms with van der Waals surface area (Å²) in [6.07, 6.45) is 4.84. The monoisotopic (exact) mass is 277 g/mol. The molecule has 0 heterocycles. The van der Waals surface area contributed by atoms with Crippen molar-refractivity contribution >= 4 is 0 Å². The number of rotatable bonds is 7. The summed E-state index contributed by atoms with van der Waals surface area (Å²) < 4.78 is 11.9. The van der Waals surface area contributed by atoms with E-state index < -0.39 is 0 Å². The first kappa shape index (κ1) is 15.3. The molecule has 0 unspecified atom stereocenters. The molecule has 1 N–H and O–H groups in total. The summed E-state index contributed by atoms with van der Waals surface area (Å²) in [4.78, 5) is 0. The minimum absolute atomic E-state index is 0.0152. The van der Waals surface area contributed by atoms with Crippen LogP contribution < -0.4 is 10.1 Å². The standard InChI is InChI=1S/C17H27NO2/c1-15-8-10-17(11-9-15,14-18-2)20-13-12-19-16-6-4-3-5-7-16/h3-7,15,18H,8-14H2,1-2H3. The van der Waals surface area contributed by atoms with Crippen LogP contribution in [-0.2, 0) is 4.74 Å². The van der Waals surface area contributed by atoms with Gasteiger partial charge < -0.3 is 14.8 Å². The molecule has 0 bridgehead atoms. The van der Waals surface area contributed by atoms with Gasteiger partial charge in [0.15, 0.2) is 0 Å². The van der Waals surface area contributed by atoms with Crippen molar-refractivity contribution in [2.24, 2.45) is 5.92 Å². The van der Waals surface area contributed by atoms with E-state index in [-0.39, 0.29) is 5.60 Å². The second kappa shape index (κ2) is 7.65. The molecule has 0 spiro atoms. The quantitative estimate of drug-likeness (QED) is 0.776. The van der Waals surface area contributed by atoms with Gasteiger partial charge in [0.2, 0.25) is 0 Å². The average Bonchev–Trinajstić information content (AvgIpc) is 2.48. The highest BCUT2D eigenvalue weighted by molar-refractivity contribution is 5.20. The first-order chi connectivity index (χ1) is 9.74. The maximum Gasteiger partial charge on any atom is 0.119 e. The van der Waals surface area contributed by atoms with Gasteiger partial charge in [-0.25, -0.2) is 0 Å². The van der Waals surface area contributed by atoms with Gasteiger partial charge in [-0.2, -0.15) is 0 Å². The zero-order valence-corrected chi connectivity index (χ0v) is 12.7. The highest BCUT2D eigenvalue weighted by Gasteiger charge is 2.34. The molecule has 1 aromatic rings. The predicted octanol–water partition coefficient (Wildman–Crippen LogP) is 3.25. The fourth-order valence-electron chi connectivity index (χ4n) is 2.92. The van der Waals surface area contributed by atoms with Crippen molar-refractivity contribution in [2.75, 3.05) is 26.8 Å². The lowest BCUT2D eigenvalue weighted by Crippen LogP contribution is -2.45. The van der Waals surface area contributed by atoms with Crippen LogP contribution in [0.25, 0.3) is 0 Å². The Morgan fingerprint density at radius 3 is 2.50 bits per heavy atom. The van der Waals surface area contributed by atoms with Crippen molar-refractivity contribution in [3.63, 3.8) is 0 Å². The third-order valence-electron chi connectivity index (χ3n) is 4.19. The average molecular weight is 277 g/mol. The van der Waals surface area contributed by atoms with E-state index in [2.05, 4.69) is 12.2 Å². The number of benzene rings is 1. The third-order valence-corrected chi connectivity index (χ3v) is 4.19. The first-order valence-electron chi connectivity index (χ1n) is 7.70. The smallest absolute Gasteiger partial charge is 0.119 e. The Labute approximate surface area is 122 Å². The maximum atomic E-state index is 6.19. The van der Waals surface area contributed by atoms with Crippen LogP contribution >= 0.6 is 0 Å². The van der Waals surface area contributed by atoms with Crippen LogP contribution in [0.3, 0.4) is 0 Å². The predicted molar refractivity (Wildman–Crippen MR) is 82.2 cm³/mol. The van der Waals surface area contributed by atoms with Crippen molar-refractivity contribution in [3.8, 4) is 5.75 Å². The summed E-state index contributed by atoms with van der Waals surface area (Å²) in [7, 11) is 2.00. The highest BCUT2D eigenvalue weighted by Crippen LogP contribution is 2.34. The van der Waals surface area contributed by atoms with Crippen molar-refractivity contribution in [2.45, 2.75) is 38.2 Å². The Bertz CT molecular complexity index is 372.